The number of carbonyl (C=O) groups is 3. The first-order valence-corrected chi connectivity index (χ1v) is 7.22. The summed E-state index contributed by atoms with van der Waals surface area (Å²) in [6.07, 6.45) is 3.98. The van der Waals surface area contributed by atoms with Crippen molar-refractivity contribution in [3.05, 3.63) is 12.2 Å². The molecule has 2 fully saturated rings. The molecule has 1 aliphatic carbocycles. The van der Waals surface area contributed by atoms with Crippen LogP contribution in [0, 0.1) is 5.92 Å². The second kappa shape index (κ2) is 6.28. The average molecular weight is 296 g/mol. The summed E-state index contributed by atoms with van der Waals surface area (Å²) in [5, 5.41) is 0. The Labute approximate surface area is 123 Å². The molecule has 0 aromatic heterocycles. The third kappa shape index (κ3) is 3.62. The van der Waals surface area contributed by atoms with Gasteiger partial charge in [-0.1, -0.05) is 13.0 Å². The van der Waals surface area contributed by atoms with E-state index in [1.165, 1.54) is 6.92 Å². The van der Waals surface area contributed by atoms with E-state index in [2.05, 4.69) is 6.58 Å². The third-order valence-corrected chi connectivity index (χ3v) is 3.75. The molecule has 116 valence electrons. The van der Waals surface area contributed by atoms with Gasteiger partial charge in [0.05, 0.1) is 6.61 Å². The molecule has 2 aliphatic rings. The number of carbonyl (C=O) groups excluding carboxylic acids is 3. The van der Waals surface area contributed by atoms with Gasteiger partial charge in [0.25, 0.3) is 5.79 Å². The number of esters is 3. The van der Waals surface area contributed by atoms with Crippen LogP contribution in [0.25, 0.3) is 0 Å². The summed E-state index contributed by atoms with van der Waals surface area (Å²) in [5.74, 6) is -3.79. The van der Waals surface area contributed by atoms with Crippen molar-refractivity contribution in [3.8, 4) is 0 Å². The third-order valence-electron chi connectivity index (χ3n) is 3.75. The van der Waals surface area contributed by atoms with E-state index in [1.807, 2.05) is 0 Å². The van der Waals surface area contributed by atoms with Gasteiger partial charge < -0.3 is 14.2 Å². The van der Waals surface area contributed by atoms with E-state index >= 15 is 0 Å². The molecule has 0 atom stereocenters. The fourth-order valence-electron chi connectivity index (χ4n) is 2.55. The van der Waals surface area contributed by atoms with Gasteiger partial charge in [-0.05, 0) is 19.8 Å². The van der Waals surface area contributed by atoms with Gasteiger partial charge in [0.15, 0.2) is 5.92 Å². The van der Waals surface area contributed by atoms with Crippen LogP contribution in [0.5, 0.6) is 0 Å². The predicted octanol–water partition coefficient (Wildman–Crippen LogP) is 1.87. The molecule has 0 aromatic rings. The van der Waals surface area contributed by atoms with Gasteiger partial charge >= 0.3 is 17.9 Å². The topological polar surface area (TPSA) is 78.9 Å². The number of ether oxygens (including phenoxy) is 3. The highest BCUT2D eigenvalue weighted by Gasteiger charge is 2.49. The second-order valence-corrected chi connectivity index (χ2v) is 5.57. The van der Waals surface area contributed by atoms with Gasteiger partial charge in [-0.15, -0.1) is 0 Å². The van der Waals surface area contributed by atoms with Crippen molar-refractivity contribution in [1.29, 1.82) is 0 Å². The first-order valence-electron chi connectivity index (χ1n) is 7.22. The molecule has 0 N–H and O–H groups in total. The van der Waals surface area contributed by atoms with Crippen LogP contribution in [0.1, 0.15) is 45.4 Å². The predicted molar refractivity (Wildman–Crippen MR) is 71.9 cm³/mol. The van der Waals surface area contributed by atoms with E-state index in [-0.39, 0.29) is 18.6 Å². The summed E-state index contributed by atoms with van der Waals surface area (Å²) in [4.78, 5) is 35.2. The first-order chi connectivity index (χ1) is 9.93. The molecule has 21 heavy (non-hydrogen) atoms. The van der Waals surface area contributed by atoms with Crippen molar-refractivity contribution >= 4 is 17.9 Å². The van der Waals surface area contributed by atoms with Crippen LogP contribution in [0.15, 0.2) is 12.2 Å². The molecule has 1 spiro atoms. The molecule has 6 nitrogen and oxygen atoms in total. The van der Waals surface area contributed by atoms with Gasteiger partial charge in [0.2, 0.25) is 0 Å². The quantitative estimate of drug-likeness (QED) is 0.448. The Morgan fingerprint density at radius 2 is 1.81 bits per heavy atom. The number of rotatable bonds is 4. The molecule has 2 rings (SSSR count). The molecular weight excluding hydrogens is 276 g/mol. The van der Waals surface area contributed by atoms with Crippen molar-refractivity contribution in [3.63, 3.8) is 0 Å². The molecule has 6 heteroatoms. The Morgan fingerprint density at radius 1 is 1.24 bits per heavy atom. The fourth-order valence-corrected chi connectivity index (χ4v) is 2.55. The highest BCUT2D eigenvalue weighted by molar-refractivity contribution is 5.96. The van der Waals surface area contributed by atoms with Crippen LogP contribution in [0.4, 0.5) is 0 Å². The minimum Gasteiger partial charge on any atom is -0.462 e. The lowest BCUT2D eigenvalue weighted by atomic mass is 9.92. The molecule has 1 saturated carbocycles. The van der Waals surface area contributed by atoms with Crippen molar-refractivity contribution in [2.45, 2.75) is 51.2 Å². The van der Waals surface area contributed by atoms with Crippen LogP contribution in [-0.2, 0) is 28.6 Å². The van der Waals surface area contributed by atoms with Gasteiger partial charge in [-0.25, -0.2) is 4.79 Å². The van der Waals surface area contributed by atoms with E-state index in [4.69, 9.17) is 14.2 Å². The monoisotopic (exact) mass is 296 g/mol. The van der Waals surface area contributed by atoms with Crippen LogP contribution >= 0.6 is 0 Å². The van der Waals surface area contributed by atoms with E-state index in [0.717, 1.165) is 19.3 Å². The highest BCUT2D eigenvalue weighted by atomic mass is 16.7. The van der Waals surface area contributed by atoms with Crippen molar-refractivity contribution in [2.75, 3.05) is 6.61 Å². The number of hydrogen-bond acceptors (Lipinski definition) is 6. The molecule has 1 aliphatic heterocycles. The largest absolute Gasteiger partial charge is 0.462 e. The van der Waals surface area contributed by atoms with E-state index in [0.29, 0.717) is 12.8 Å². The maximum absolute atomic E-state index is 12.0. The standard InChI is InChI=1S/C15H20O6/c1-10(2)12(16)19-9-6-11-13(17)20-15(21-14(11)18)7-4-3-5-8-15/h11H,1,3-9H2,2H3. The summed E-state index contributed by atoms with van der Waals surface area (Å²) < 4.78 is 15.6. The van der Waals surface area contributed by atoms with Crippen LogP contribution in [-0.4, -0.2) is 30.3 Å². The van der Waals surface area contributed by atoms with E-state index < -0.39 is 29.6 Å². The lowest BCUT2D eigenvalue weighted by Gasteiger charge is -2.40. The normalized spacial score (nSPS) is 21.6. The minimum absolute atomic E-state index is 0.0481. The second-order valence-electron chi connectivity index (χ2n) is 5.57. The summed E-state index contributed by atoms with van der Waals surface area (Å²) in [5.41, 5.74) is 0.268. The summed E-state index contributed by atoms with van der Waals surface area (Å²) in [6, 6.07) is 0. The average Bonchev–Trinajstić information content (AvgIpc) is 2.42. The number of hydrogen-bond donors (Lipinski definition) is 0. The molecule has 0 amide bonds. The molecule has 1 saturated heterocycles. The maximum Gasteiger partial charge on any atom is 0.333 e. The summed E-state index contributed by atoms with van der Waals surface area (Å²) in [6.45, 7) is 4.93. The molecule has 0 bridgehead atoms. The van der Waals surface area contributed by atoms with Gasteiger partial charge in [0.1, 0.15) is 0 Å². The maximum atomic E-state index is 12.0. The zero-order valence-corrected chi connectivity index (χ0v) is 12.2. The van der Waals surface area contributed by atoms with Crippen LogP contribution in [0.3, 0.4) is 0 Å². The first kappa shape index (κ1) is 15.5. The summed E-state index contributed by atoms with van der Waals surface area (Å²) in [7, 11) is 0. The fraction of sp³-hybridized carbons (Fsp3) is 0.667. The molecule has 0 radical (unpaired) electrons. The minimum atomic E-state index is -1.06. The van der Waals surface area contributed by atoms with Gasteiger partial charge in [0, 0.05) is 24.8 Å². The van der Waals surface area contributed by atoms with Crippen molar-refractivity contribution < 1.29 is 28.6 Å². The lowest BCUT2D eigenvalue weighted by Crippen LogP contribution is -2.51. The SMILES string of the molecule is C=C(C)C(=O)OCCC1C(=O)OC2(CCCCC2)OC1=O. The molecule has 1 heterocycles. The Balaban J connectivity index is 1.88. The van der Waals surface area contributed by atoms with E-state index in [1.54, 1.807) is 0 Å². The van der Waals surface area contributed by atoms with Crippen LogP contribution in [0.2, 0.25) is 0 Å². The van der Waals surface area contributed by atoms with E-state index in [9.17, 15) is 14.4 Å². The highest BCUT2D eigenvalue weighted by Crippen LogP contribution is 2.37. The Kier molecular flexibility index (Phi) is 4.65. The smallest absolute Gasteiger partial charge is 0.333 e. The van der Waals surface area contributed by atoms with Crippen LogP contribution < -0.4 is 0 Å². The molecule has 0 aromatic carbocycles. The van der Waals surface area contributed by atoms with Gasteiger partial charge in [-0.3, -0.25) is 9.59 Å². The van der Waals surface area contributed by atoms with Gasteiger partial charge in [-0.2, -0.15) is 0 Å². The van der Waals surface area contributed by atoms with Crippen molar-refractivity contribution in [2.24, 2.45) is 5.92 Å². The molecular formula is C15H20O6. The summed E-state index contributed by atoms with van der Waals surface area (Å²) >= 11 is 0. The molecule has 0 unspecified atom stereocenters. The zero-order valence-electron chi connectivity index (χ0n) is 12.2. The zero-order chi connectivity index (χ0) is 15.5. The Morgan fingerprint density at radius 3 is 2.33 bits per heavy atom. The van der Waals surface area contributed by atoms with Crippen molar-refractivity contribution in [1.82, 2.24) is 0 Å². The Bertz CT molecular complexity index is 441. The lowest BCUT2D eigenvalue weighted by molar-refractivity contribution is -0.261. The Hall–Kier alpha value is -1.85.